The highest BCUT2D eigenvalue weighted by Crippen LogP contribution is 2.30. The van der Waals surface area contributed by atoms with Crippen LogP contribution < -0.4 is 26.2 Å². The SMILES string of the molecule is CNC(=O)c1cc(Oc2ccc(C)c(NNC(=O)Nc3cccc(C(F)(F)F)c3)c2)ccn1. The van der Waals surface area contributed by atoms with Crippen molar-refractivity contribution < 1.29 is 27.5 Å². The minimum atomic E-state index is -4.51. The van der Waals surface area contributed by atoms with Crippen LogP contribution >= 0.6 is 0 Å². The van der Waals surface area contributed by atoms with E-state index in [0.717, 1.165) is 17.7 Å². The number of carbonyl (C=O) groups is 2. The van der Waals surface area contributed by atoms with Crippen molar-refractivity contribution in [3.8, 4) is 11.5 Å². The van der Waals surface area contributed by atoms with Gasteiger partial charge in [-0.3, -0.25) is 20.6 Å². The van der Waals surface area contributed by atoms with Crippen LogP contribution in [0.3, 0.4) is 0 Å². The Kier molecular flexibility index (Phi) is 7.01. The van der Waals surface area contributed by atoms with Crippen molar-refractivity contribution in [1.82, 2.24) is 15.7 Å². The van der Waals surface area contributed by atoms with E-state index in [2.05, 4.69) is 26.5 Å². The molecule has 2 aromatic carbocycles. The van der Waals surface area contributed by atoms with E-state index in [9.17, 15) is 22.8 Å². The zero-order valence-corrected chi connectivity index (χ0v) is 17.6. The zero-order chi connectivity index (χ0) is 24.0. The molecule has 8 nitrogen and oxygen atoms in total. The number of carbonyl (C=O) groups excluding carboxylic acids is 2. The third-order valence-corrected chi connectivity index (χ3v) is 4.39. The summed E-state index contributed by atoms with van der Waals surface area (Å²) in [6.45, 7) is 1.79. The van der Waals surface area contributed by atoms with Gasteiger partial charge in [-0.25, -0.2) is 4.79 Å². The highest BCUT2D eigenvalue weighted by molar-refractivity contribution is 5.92. The molecule has 0 spiro atoms. The van der Waals surface area contributed by atoms with Crippen LogP contribution in [0.15, 0.2) is 60.8 Å². The number of amides is 3. The molecular formula is C22H20F3N5O3. The Hall–Kier alpha value is -4.28. The molecule has 0 saturated heterocycles. The van der Waals surface area contributed by atoms with Gasteiger partial charge in [-0.15, -0.1) is 0 Å². The summed E-state index contributed by atoms with van der Waals surface area (Å²) in [6, 6.07) is 11.6. The van der Waals surface area contributed by atoms with Gasteiger partial charge in [0, 0.05) is 31.1 Å². The van der Waals surface area contributed by atoms with Crippen LogP contribution in [0.5, 0.6) is 11.5 Å². The second-order valence-corrected chi connectivity index (χ2v) is 6.82. The summed E-state index contributed by atoms with van der Waals surface area (Å²) in [6.07, 6.45) is -3.08. The van der Waals surface area contributed by atoms with E-state index in [0.29, 0.717) is 17.2 Å². The van der Waals surface area contributed by atoms with E-state index in [4.69, 9.17) is 4.74 Å². The van der Waals surface area contributed by atoms with Crippen molar-refractivity contribution in [2.45, 2.75) is 13.1 Å². The van der Waals surface area contributed by atoms with Crippen molar-refractivity contribution >= 4 is 23.3 Å². The number of nitrogens with one attached hydrogen (secondary N) is 4. The van der Waals surface area contributed by atoms with Crippen LogP contribution in [0.2, 0.25) is 0 Å². The maximum absolute atomic E-state index is 12.8. The molecule has 0 atom stereocenters. The molecule has 1 aromatic heterocycles. The normalized spacial score (nSPS) is 10.8. The molecule has 33 heavy (non-hydrogen) atoms. The number of alkyl halides is 3. The van der Waals surface area contributed by atoms with Gasteiger partial charge < -0.3 is 15.4 Å². The van der Waals surface area contributed by atoms with Crippen LogP contribution in [0, 0.1) is 6.92 Å². The van der Waals surface area contributed by atoms with Gasteiger partial charge in [0.05, 0.1) is 11.3 Å². The fourth-order valence-corrected chi connectivity index (χ4v) is 2.72. The van der Waals surface area contributed by atoms with Crippen molar-refractivity contribution in [3.05, 3.63) is 77.6 Å². The van der Waals surface area contributed by atoms with E-state index in [1.54, 1.807) is 31.2 Å². The van der Waals surface area contributed by atoms with Gasteiger partial charge in [-0.05, 0) is 42.8 Å². The van der Waals surface area contributed by atoms with Crippen LogP contribution in [0.4, 0.5) is 29.3 Å². The van der Waals surface area contributed by atoms with Crippen LogP contribution in [0.1, 0.15) is 21.6 Å². The van der Waals surface area contributed by atoms with Gasteiger partial charge in [-0.1, -0.05) is 12.1 Å². The van der Waals surface area contributed by atoms with Crippen LogP contribution in [-0.4, -0.2) is 24.0 Å². The number of aromatic nitrogens is 1. The van der Waals surface area contributed by atoms with E-state index < -0.39 is 17.8 Å². The molecule has 0 radical (unpaired) electrons. The monoisotopic (exact) mass is 459 g/mol. The largest absolute Gasteiger partial charge is 0.457 e. The van der Waals surface area contributed by atoms with Gasteiger partial charge in [0.1, 0.15) is 17.2 Å². The highest BCUT2D eigenvalue weighted by atomic mass is 19.4. The van der Waals surface area contributed by atoms with Crippen LogP contribution in [-0.2, 0) is 6.18 Å². The molecule has 0 bridgehead atoms. The summed E-state index contributed by atoms with van der Waals surface area (Å²) < 4.78 is 44.2. The molecule has 0 fully saturated rings. The first-order valence-electron chi connectivity index (χ1n) is 9.62. The van der Waals surface area contributed by atoms with E-state index >= 15 is 0 Å². The van der Waals surface area contributed by atoms with Crippen LogP contribution in [0.25, 0.3) is 0 Å². The number of hydrazine groups is 1. The van der Waals surface area contributed by atoms with E-state index in [1.165, 1.54) is 31.4 Å². The molecule has 0 aliphatic heterocycles. The Morgan fingerprint density at radius 3 is 2.48 bits per heavy atom. The maximum atomic E-state index is 12.8. The molecule has 172 valence electrons. The van der Waals surface area contributed by atoms with Gasteiger partial charge in [0.2, 0.25) is 0 Å². The lowest BCUT2D eigenvalue weighted by atomic mass is 10.2. The lowest BCUT2D eigenvalue weighted by molar-refractivity contribution is -0.137. The molecule has 1 heterocycles. The number of urea groups is 1. The van der Waals surface area contributed by atoms with Crippen molar-refractivity contribution in [2.24, 2.45) is 0 Å². The molecule has 11 heteroatoms. The molecular weight excluding hydrogens is 439 g/mol. The number of rotatable bonds is 6. The third-order valence-electron chi connectivity index (χ3n) is 4.39. The molecule has 3 amide bonds. The fourth-order valence-electron chi connectivity index (χ4n) is 2.72. The average molecular weight is 459 g/mol. The van der Waals surface area contributed by atoms with E-state index in [1.807, 2.05) is 0 Å². The minimum absolute atomic E-state index is 0.0115. The first-order valence-corrected chi connectivity index (χ1v) is 9.62. The van der Waals surface area contributed by atoms with E-state index in [-0.39, 0.29) is 17.3 Å². The average Bonchev–Trinajstić information content (AvgIpc) is 2.78. The first-order chi connectivity index (χ1) is 15.7. The Morgan fingerprint density at radius 2 is 1.76 bits per heavy atom. The van der Waals surface area contributed by atoms with Gasteiger partial charge in [-0.2, -0.15) is 13.2 Å². The van der Waals surface area contributed by atoms with Gasteiger partial charge in [0.15, 0.2) is 0 Å². The van der Waals surface area contributed by atoms with Crippen molar-refractivity contribution in [2.75, 3.05) is 17.8 Å². The molecule has 4 N–H and O–H groups in total. The van der Waals surface area contributed by atoms with Gasteiger partial charge in [0.25, 0.3) is 5.91 Å². The Labute approximate surface area is 187 Å². The van der Waals surface area contributed by atoms with Crippen molar-refractivity contribution in [3.63, 3.8) is 0 Å². The standard InChI is InChI=1S/C22H20F3N5O3/c1-13-6-7-16(33-17-8-9-27-19(12-17)20(31)26-2)11-18(13)29-30-21(32)28-15-5-3-4-14(10-15)22(23,24)25/h3-12,29H,1-2H3,(H,26,31)(H2,28,30,32). The molecule has 0 aliphatic carbocycles. The number of hydrogen-bond acceptors (Lipinski definition) is 5. The van der Waals surface area contributed by atoms with Gasteiger partial charge >= 0.3 is 12.2 Å². The third kappa shape index (κ3) is 6.35. The molecule has 0 aliphatic rings. The summed E-state index contributed by atoms with van der Waals surface area (Å²) in [5.41, 5.74) is 5.64. The Bertz CT molecular complexity index is 1170. The first kappa shape index (κ1) is 23.4. The summed E-state index contributed by atoms with van der Waals surface area (Å²) in [5, 5.41) is 4.81. The molecule has 0 unspecified atom stereocenters. The number of halogens is 3. The molecule has 0 saturated carbocycles. The summed E-state index contributed by atoms with van der Waals surface area (Å²) in [7, 11) is 1.49. The summed E-state index contributed by atoms with van der Waals surface area (Å²) >= 11 is 0. The Balaban J connectivity index is 1.65. The number of benzene rings is 2. The Morgan fingerprint density at radius 1 is 1.00 bits per heavy atom. The summed E-state index contributed by atoms with van der Waals surface area (Å²) in [4.78, 5) is 27.8. The summed E-state index contributed by atoms with van der Waals surface area (Å²) in [5.74, 6) is 0.439. The number of ether oxygens (including phenoxy) is 1. The minimum Gasteiger partial charge on any atom is -0.457 e. The lowest BCUT2D eigenvalue weighted by Crippen LogP contribution is -2.33. The second kappa shape index (κ2) is 9.90. The smallest absolute Gasteiger partial charge is 0.416 e. The number of pyridine rings is 1. The fraction of sp³-hybridized carbons (Fsp3) is 0.136. The number of nitrogens with zero attached hydrogens (tertiary/aromatic N) is 1. The highest BCUT2D eigenvalue weighted by Gasteiger charge is 2.30. The molecule has 3 rings (SSSR count). The predicted molar refractivity (Wildman–Crippen MR) is 116 cm³/mol. The predicted octanol–water partition coefficient (Wildman–Crippen LogP) is 4.71. The van der Waals surface area contributed by atoms with Crippen molar-refractivity contribution in [1.29, 1.82) is 0 Å². The number of anilines is 2. The lowest BCUT2D eigenvalue weighted by Gasteiger charge is -2.14. The zero-order valence-electron chi connectivity index (χ0n) is 17.6. The second-order valence-electron chi connectivity index (χ2n) is 6.82. The maximum Gasteiger partial charge on any atom is 0.416 e. The number of aryl methyl sites for hydroxylation is 1. The quantitative estimate of drug-likeness (QED) is 0.400. The topological polar surface area (TPSA) is 104 Å². The number of hydrogen-bond donors (Lipinski definition) is 4. The molecule has 3 aromatic rings.